The Bertz CT molecular complexity index is 158. The summed E-state index contributed by atoms with van der Waals surface area (Å²) in [6.45, 7) is 13.9. The van der Waals surface area contributed by atoms with Crippen LogP contribution in [0.5, 0.6) is 0 Å². The van der Waals surface area contributed by atoms with E-state index in [9.17, 15) is 0 Å². The summed E-state index contributed by atoms with van der Waals surface area (Å²) in [5.41, 5.74) is 0.693. The molecule has 2 unspecified atom stereocenters. The van der Waals surface area contributed by atoms with E-state index in [1.165, 1.54) is 0 Å². The summed E-state index contributed by atoms with van der Waals surface area (Å²) in [5.74, 6) is 0.762. The van der Waals surface area contributed by atoms with Gasteiger partial charge in [-0.3, -0.25) is 0 Å². The lowest BCUT2D eigenvalue weighted by Crippen LogP contribution is -2.44. The fourth-order valence-corrected chi connectivity index (χ4v) is 2.07. The van der Waals surface area contributed by atoms with Crippen LogP contribution in [0.1, 0.15) is 41.5 Å². The van der Waals surface area contributed by atoms with Crippen molar-refractivity contribution in [1.29, 1.82) is 0 Å². The monoisotopic (exact) mass is 155 g/mol. The molecule has 1 nitrogen and oxygen atoms in total. The first-order valence-electron chi connectivity index (χ1n) is 4.57. The highest BCUT2D eigenvalue weighted by atomic mass is 15.1. The maximum Gasteiger partial charge on any atom is 0.0181 e. The second-order valence-electron chi connectivity index (χ2n) is 5.07. The molecule has 11 heavy (non-hydrogen) atoms. The number of rotatable bonds is 0. The minimum Gasteiger partial charge on any atom is -0.308 e. The molecule has 0 spiro atoms. The normalized spacial score (nSPS) is 40.9. The Labute approximate surface area is 70.6 Å². The van der Waals surface area contributed by atoms with E-state index in [1.54, 1.807) is 0 Å². The molecule has 1 saturated heterocycles. The van der Waals surface area contributed by atoms with Crippen molar-refractivity contribution in [2.75, 3.05) is 0 Å². The molecule has 0 amide bonds. The molecule has 0 aliphatic carbocycles. The third kappa shape index (κ3) is 1.10. The number of nitrogens with one attached hydrogen (secondary N) is 1. The van der Waals surface area contributed by atoms with E-state index >= 15 is 0 Å². The van der Waals surface area contributed by atoms with Gasteiger partial charge in [-0.05, 0) is 32.1 Å². The molecule has 0 aromatic carbocycles. The van der Waals surface area contributed by atoms with E-state index in [1.807, 2.05) is 0 Å². The van der Waals surface area contributed by atoms with Crippen molar-refractivity contribution in [1.82, 2.24) is 5.32 Å². The summed E-state index contributed by atoms with van der Waals surface area (Å²) in [6.07, 6.45) is 0. The third-order valence-corrected chi connectivity index (χ3v) is 4.09. The van der Waals surface area contributed by atoms with Crippen LogP contribution in [0.15, 0.2) is 0 Å². The molecule has 0 bridgehead atoms. The van der Waals surface area contributed by atoms with Crippen molar-refractivity contribution in [3.8, 4) is 0 Å². The average Bonchev–Trinajstić information content (AvgIpc) is 1.93. The highest BCUT2D eigenvalue weighted by Gasteiger charge is 2.49. The molecule has 0 radical (unpaired) electrons. The summed E-state index contributed by atoms with van der Waals surface area (Å²) in [4.78, 5) is 0. The molecule has 0 aromatic heterocycles. The molecule has 0 saturated carbocycles. The van der Waals surface area contributed by atoms with E-state index in [4.69, 9.17) is 0 Å². The van der Waals surface area contributed by atoms with Crippen LogP contribution in [0.2, 0.25) is 0 Å². The lowest BCUT2D eigenvalue weighted by molar-refractivity contribution is 0.175. The van der Waals surface area contributed by atoms with Crippen LogP contribution in [-0.2, 0) is 0 Å². The minimum atomic E-state index is 0.284. The second kappa shape index (κ2) is 2.22. The first-order valence-corrected chi connectivity index (χ1v) is 4.57. The van der Waals surface area contributed by atoms with Gasteiger partial charge in [0, 0.05) is 11.6 Å². The van der Waals surface area contributed by atoms with Gasteiger partial charge in [-0.2, -0.15) is 0 Å². The average molecular weight is 155 g/mol. The van der Waals surface area contributed by atoms with Crippen LogP contribution in [-0.4, -0.2) is 11.6 Å². The number of hydrogen-bond donors (Lipinski definition) is 1. The molecule has 1 rings (SSSR count). The Hall–Kier alpha value is -0.0400. The van der Waals surface area contributed by atoms with Gasteiger partial charge in [0.25, 0.3) is 0 Å². The van der Waals surface area contributed by atoms with Crippen LogP contribution < -0.4 is 5.32 Å². The molecule has 0 aromatic rings. The zero-order valence-corrected chi connectivity index (χ0v) is 8.65. The smallest absolute Gasteiger partial charge is 0.0181 e. The Morgan fingerprint density at radius 2 is 1.45 bits per heavy atom. The summed E-state index contributed by atoms with van der Waals surface area (Å²) in [7, 11) is 0. The van der Waals surface area contributed by atoms with Crippen LogP contribution in [0.3, 0.4) is 0 Å². The van der Waals surface area contributed by atoms with Crippen molar-refractivity contribution in [3.05, 3.63) is 0 Å². The van der Waals surface area contributed by atoms with Crippen LogP contribution in [0.4, 0.5) is 0 Å². The summed E-state index contributed by atoms with van der Waals surface area (Å²) < 4.78 is 0. The maximum absolute atomic E-state index is 3.63. The largest absolute Gasteiger partial charge is 0.308 e. The van der Waals surface area contributed by atoms with Crippen molar-refractivity contribution in [3.63, 3.8) is 0 Å². The zero-order valence-electron chi connectivity index (χ0n) is 8.65. The van der Waals surface area contributed by atoms with Gasteiger partial charge in [0.2, 0.25) is 0 Å². The Balaban J connectivity index is 2.92. The van der Waals surface area contributed by atoms with Crippen LogP contribution in [0.25, 0.3) is 0 Å². The zero-order chi connectivity index (χ0) is 8.86. The predicted octanol–water partition coefficient (Wildman–Crippen LogP) is 2.42. The molecule has 1 aliphatic rings. The maximum atomic E-state index is 3.63. The third-order valence-electron chi connectivity index (χ3n) is 4.09. The highest BCUT2D eigenvalue weighted by Crippen LogP contribution is 2.45. The molecular weight excluding hydrogens is 134 g/mol. The quantitative estimate of drug-likeness (QED) is 0.566. The SMILES string of the molecule is CC1NC(C)(C)C(C)(C)C1C. The van der Waals surface area contributed by atoms with Crippen LogP contribution in [0, 0.1) is 11.3 Å². The Kier molecular flexibility index (Phi) is 1.83. The molecule has 1 heteroatoms. The van der Waals surface area contributed by atoms with Gasteiger partial charge in [0.05, 0.1) is 0 Å². The van der Waals surface area contributed by atoms with Crippen LogP contribution >= 0.6 is 0 Å². The predicted molar refractivity (Wildman–Crippen MR) is 49.6 cm³/mol. The lowest BCUT2D eigenvalue weighted by atomic mass is 9.69. The molecule has 1 heterocycles. The highest BCUT2D eigenvalue weighted by molar-refractivity contribution is 5.06. The second-order valence-corrected chi connectivity index (χ2v) is 5.07. The summed E-state index contributed by atoms with van der Waals surface area (Å²) in [5, 5.41) is 3.63. The van der Waals surface area contributed by atoms with Crippen molar-refractivity contribution >= 4 is 0 Å². The van der Waals surface area contributed by atoms with Crippen molar-refractivity contribution < 1.29 is 0 Å². The Morgan fingerprint density at radius 1 is 1.00 bits per heavy atom. The Morgan fingerprint density at radius 3 is 1.55 bits per heavy atom. The molecule has 66 valence electrons. The van der Waals surface area contributed by atoms with Crippen molar-refractivity contribution in [2.24, 2.45) is 11.3 Å². The van der Waals surface area contributed by atoms with Gasteiger partial charge in [0.15, 0.2) is 0 Å². The standard InChI is InChI=1S/C10H21N/c1-7-8(2)11-10(5,6)9(7,3)4/h7-8,11H,1-6H3. The fourth-order valence-electron chi connectivity index (χ4n) is 2.07. The number of hydrogen-bond acceptors (Lipinski definition) is 1. The van der Waals surface area contributed by atoms with E-state index in [-0.39, 0.29) is 5.54 Å². The van der Waals surface area contributed by atoms with E-state index in [0.717, 1.165) is 5.92 Å². The van der Waals surface area contributed by atoms with Gasteiger partial charge in [-0.1, -0.05) is 20.8 Å². The van der Waals surface area contributed by atoms with Crippen molar-refractivity contribution in [2.45, 2.75) is 53.1 Å². The molecule has 2 atom stereocenters. The van der Waals surface area contributed by atoms with E-state index in [2.05, 4.69) is 46.9 Å². The van der Waals surface area contributed by atoms with E-state index < -0.39 is 0 Å². The lowest BCUT2D eigenvalue weighted by Gasteiger charge is -2.37. The summed E-state index contributed by atoms with van der Waals surface area (Å²) in [6, 6.07) is 0.653. The first-order chi connectivity index (χ1) is 4.79. The van der Waals surface area contributed by atoms with Gasteiger partial charge < -0.3 is 5.32 Å². The molecule has 1 fully saturated rings. The fraction of sp³-hybridized carbons (Fsp3) is 1.00. The van der Waals surface area contributed by atoms with Gasteiger partial charge in [0.1, 0.15) is 0 Å². The minimum absolute atomic E-state index is 0.284. The summed E-state index contributed by atoms with van der Waals surface area (Å²) >= 11 is 0. The molecular formula is C10H21N. The van der Waals surface area contributed by atoms with Gasteiger partial charge >= 0.3 is 0 Å². The topological polar surface area (TPSA) is 12.0 Å². The first kappa shape index (κ1) is 9.05. The van der Waals surface area contributed by atoms with E-state index in [0.29, 0.717) is 11.5 Å². The van der Waals surface area contributed by atoms with Gasteiger partial charge in [-0.25, -0.2) is 0 Å². The molecule has 1 aliphatic heterocycles. The molecule has 1 N–H and O–H groups in total. The van der Waals surface area contributed by atoms with Gasteiger partial charge in [-0.15, -0.1) is 0 Å².